The molecular weight excluding hydrogens is 323 g/mol. The number of nitrogens with one attached hydrogen (secondary N) is 2. The minimum absolute atomic E-state index is 0.182. The number of thioether (sulfide) groups is 1. The van der Waals surface area contributed by atoms with Crippen LogP contribution >= 0.6 is 11.8 Å². The van der Waals surface area contributed by atoms with Crippen LogP contribution in [-0.2, 0) is 12.3 Å². The lowest BCUT2D eigenvalue weighted by Crippen LogP contribution is -2.42. The number of guanidine groups is 1. The first-order valence-corrected chi connectivity index (χ1v) is 9.82. The van der Waals surface area contributed by atoms with E-state index in [0.717, 1.165) is 42.3 Å². The molecule has 4 nitrogen and oxygen atoms in total. The van der Waals surface area contributed by atoms with Crippen molar-refractivity contribution in [2.45, 2.75) is 38.6 Å². The van der Waals surface area contributed by atoms with Gasteiger partial charge in [-0.3, -0.25) is 4.99 Å². The summed E-state index contributed by atoms with van der Waals surface area (Å²) >= 11 is 1.69. The molecule has 1 rings (SSSR count). The monoisotopic (exact) mass is 354 g/mol. The van der Waals surface area contributed by atoms with Gasteiger partial charge in [-0.05, 0) is 49.9 Å². The molecule has 1 aromatic carbocycles. The Labute approximate surface area is 150 Å². The van der Waals surface area contributed by atoms with Gasteiger partial charge in [0.15, 0.2) is 5.96 Å². The molecule has 0 amide bonds. The SMILES string of the molecule is CCC(C)N(C)CCNC(=NC)NCc1ccc(F)cc1CSC. The van der Waals surface area contributed by atoms with Crippen molar-refractivity contribution in [2.75, 3.05) is 33.4 Å². The molecule has 0 aliphatic carbocycles. The smallest absolute Gasteiger partial charge is 0.191 e. The molecule has 0 fully saturated rings. The average Bonchev–Trinajstić information content (AvgIpc) is 2.58. The number of likely N-dealkylation sites (N-methyl/N-ethyl adjacent to an activating group) is 1. The zero-order valence-electron chi connectivity index (χ0n) is 15.5. The minimum atomic E-state index is -0.182. The van der Waals surface area contributed by atoms with Crippen LogP contribution in [0.2, 0.25) is 0 Å². The molecule has 0 aliphatic heterocycles. The maximum Gasteiger partial charge on any atom is 0.191 e. The summed E-state index contributed by atoms with van der Waals surface area (Å²) in [6.07, 6.45) is 3.17. The van der Waals surface area contributed by atoms with Crippen LogP contribution in [0.4, 0.5) is 4.39 Å². The van der Waals surface area contributed by atoms with E-state index in [0.29, 0.717) is 12.6 Å². The molecule has 0 saturated carbocycles. The maximum absolute atomic E-state index is 13.4. The second-order valence-corrected chi connectivity index (χ2v) is 6.80. The third kappa shape index (κ3) is 7.09. The molecule has 0 radical (unpaired) electrons. The molecule has 0 aliphatic rings. The Bertz CT molecular complexity index is 522. The van der Waals surface area contributed by atoms with Crippen molar-refractivity contribution in [1.82, 2.24) is 15.5 Å². The lowest BCUT2D eigenvalue weighted by Gasteiger charge is -2.24. The highest BCUT2D eigenvalue weighted by molar-refractivity contribution is 7.97. The van der Waals surface area contributed by atoms with Gasteiger partial charge in [0.05, 0.1) is 0 Å². The van der Waals surface area contributed by atoms with Crippen LogP contribution in [0.1, 0.15) is 31.4 Å². The molecule has 6 heteroatoms. The van der Waals surface area contributed by atoms with E-state index >= 15 is 0 Å². The van der Waals surface area contributed by atoms with E-state index in [4.69, 9.17) is 0 Å². The zero-order chi connectivity index (χ0) is 17.9. The number of benzene rings is 1. The van der Waals surface area contributed by atoms with Gasteiger partial charge in [0.2, 0.25) is 0 Å². The molecule has 1 aromatic rings. The number of halogens is 1. The lowest BCUT2D eigenvalue weighted by molar-refractivity contribution is 0.255. The molecule has 1 atom stereocenters. The molecular formula is C18H31FN4S. The topological polar surface area (TPSA) is 39.7 Å². The summed E-state index contributed by atoms with van der Waals surface area (Å²) in [5.41, 5.74) is 2.13. The van der Waals surface area contributed by atoms with E-state index in [9.17, 15) is 4.39 Å². The molecule has 0 heterocycles. The van der Waals surface area contributed by atoms with Gasteiger partial charge in [-0.15, -0.1) is 0 Å². The fourth-order valence-electron chi connectivity index (χ4n) is 2.34. The molecule has 136 valence electrons. The lowest BCUT2D eigenvalue weighted by atomic mass is 10.1. The first-order valence-electron chi connectivity index (χ1n) is 8.42. The predicted octanol–water partition coefficient (Wildman–Crippen LogP) is 3.08. The largest absolute Gasteiger partial charge is 0.355 e. The Morgan fingerprint density at radius 3 is 2.71 bits per heavy atom. The van der Waals surface area contributed by atoms with Gasteiger partial charge >= 0.3 is 0 Å². The fraction of sp³-hybridized carbons (Fsp3) is 0.611. The number of hydrogen-bond donors (Lipinski definition) is 2. The highest BCUT2D eigenvalue weighted by Gasteiger charge is 2.07. The van der Waals surface area contributed by atoms with Gasteiger partial charge in [-0.25, -0.2) is 4.39 Å². The minimum Gasteiger partial charge on any atom is -0.355 e. The fourth-order valence-corrected chi connectivity index (χ4v) is 2.92. The van der Waals surface area contributed by atoms with E-state index in [1.54, 1.807) is 24.9 Å². The molecule has 0 aromatic heterocycles. The summed E-state index contributed by atoms with van der Waals surface area (Å²) in [6.45, 7) is 6.86. The Kier molecular flexibility index (Phi) is 9.79. The van der Waals surface area contributed by atoms with Crippen LogP contribution in [0.3, 0.4) is 0 Å². The van der Waals surface area contributed by atoms with Crippen LogP contribution in [0.5, 0.6) is 0 Å². The summed E-state index contributed by atoms with van der Waals surface area (Å²) < 4.78 is 13.4. The van der Waals surface area contributed by atoms with Crippen molar-refractivity contribution in [2.24, 2.45) is 4.99 Å². The number of aliphatic imine (C=N–C) groups is 1. The number of nitrogens with zero attached hydrogens (tertiary/aromatic N) is 2. The van der Waals surface area contributed by atoms with Crippen molar-refractivity contribution in [3.05, 3.63) is 35.1 Å². The number of hydrogen-bond acceptors (Lipinski definition) is 3. The predicted molar refractivity (Wildman–Crippen MR) is 104 cm³/mol. The number of rotatable bonds is 9. The van der Waals surface area contributed by atoms with Gasteiger partial charge in [0, 0.05) is 38.5 Å². The summed E-state index contributed by atoms with van der Waals surface area (Å²) in [7, 11) is 3.90. The molecule has 24 heavy (non-hydrogen) atoms. The Morgan fingerprint density at radius 2 is 2.08 bits per heavy atom. The van der Waals surface area contributed by atoms with Crippen LogP contribution in [-0.4, -0.2) is 50.3 Å². The summed E-state index contributed by atoms with van der Waals surface area (Å²) in [5.74, 6) is 1.39. The van der Waals surface area contributed by atoms with Crippen molar-refractivity contribution < 1.29 is 4.39 Å². The van der Waals surface area contributed by atoms with Gasteiger partial charge in [-0.1, -0.05) is 13.0 Å². The summed E-state index contributed by atoms with van der Waals surface area (Å²) in [4.78, 5) is 6.58. The maximum atomic E-state index is 13.4. The van der Waals surface area contributed by atoms with E-state index in [2.05, 4.69) is 41.4 Å². The van der Waals surface area contributed by atoms with E-state index in [-0.39, 0.29) is 5.82 Å². The molecule has 2 N–H and O–H groups in total. The van der Waals surface area contributed by atoms with E-state index in [1.807, 2.05) is 12.3 Å². The summed E-state index contributed by atoms with van der Waals surface area (Å²) in [6, 6.07) is 5.55. The van der Waals surface area contributed by atoms with Crippen molar-refractivity contribution in [3.8, 4) is 0 Å². The summed E-state index contributed by atoms with van der Waals surface area (Å²) in [5, 5.41) is 6.64. The highest BCUT2D eigenvalue weighted by atomic mass is 32.2. The molecule has 0 bridgehead atoms. The first-order chi connectivity index (χ1) is 11.5. The van der Waals surface area contributed by atoms with Crippen molar-refractivity contribution in [1.29, 1.82) is 0 Å². The Morgan fingerprint density at radius 1 is 1.33 bits per heavy atom. The average molecular weight is 355 g/mol. The van der Waals surface area contributed by atoms with Crippen molar-refractivity contribution in [3.63, 3.8) is 0 Å². The van der Waals surface area contributed by atoms with Crippen molar-refractivity contribution >= 4 is 17.7 Å². The highest BCUT2D eigenvalue weighted by Crippen LogP contribution is 2.16. The normalized spacial score (nSPS) is 13.2. The third-order valence-electron chi connectivity index (χ3n) is 4.24. The molecule has 0 spiro atoms. The zero-order valence-corrected chi connectivity index (χ0v) is 16.3. The van der Waals surface area contributed by atoms with E-state index in [1.165, 1.54) is 6.07 Å². The van der Waals surface area contributed by atoms with Crippen LogP contribution < -0.4 is 10.6 Å². The van der Waals surface area contributed by atoms with Gasteiger partial charge < -0.3 is 15.5 Å². The van der Waals surface area contributed by atoms with Crippen LogP contribution in [0, 0.1) is 5.82 Å². The Hall–Kier alpha value is -1.27. The van der Waals surface area contributed by atoms with E-state index < -0.39 is 0 Å². The Balaban J connectivity index is 2.50. The standard InChI is InChI=1S/C18H31FN4S/c1-6-14(2)23(4)10-9-21-18(20-3)22-12-15-7-8-17(19)11-16(15)13-24-5/h7-8,11,14H,6,9-10,12-13H2,1-5H3,(H2,20,21,22). The second-order valence-electron chi connectivity index (χ2n) is 5.94. The van der Waals surface area contributed by atoms with Gasteiger partial charge in [-0.2, -0.15) is 11.8 Å². The quantitative estimate of drug-likeness (QED) is 0.528. The van der Waals surface area contributed by atoms with Crippen LogP contribution in [0.25, 0.3) is 0 Å². The van der Waals surface area contributed by atoms with Crippen LogP contribution in [0.15, 0.2) is 23.2 Å². The van der Waals surface area contributed by atoms with Gasteiger partial charge in [0.1, 0.15) is 5.82 Å². The molecule has 1 unspecified atom stereocenters. The first kappa shape index (κ1) is 20.8. The molecule has 0 saturated heterocycles. The second kappa shape index (κ2) is 11.3. The van der Waals surface area contributed by atoms with Gasteiger partial charge in [0.25, 0.3) is 0 Å². The third-order valence-corrected chi connectivity index (χ3v) is 4.84.